The molecule has 7 nitrogen and oxygen atoms in total. The van der Waals surface area contributed by atoms with E-state index in [1.807, 2.05) is 32.0 Å². The minimum Gasteiger partial charge on any atom is -0.503 e. The highest BCUT2D eigenvalue weighted by molar-refractivity contribution is 9.10. The van der Waals surface area contributed by atoms with Gasteiger partial charge in [0.25, 0.3) is 5.91 Å². The van der Waals surface area contributed by atoms with Gasteiger partial charge < -0.3 is 25.8 Å². The molecule has 1 aliphatic heterocycles. The standard InChI is InChI=1S/C22H24BrN3O4/c1-5-30-17-10-14(9-15(23)20(17)27)19-18(13(4)24-22(29)26-19)21(28)25-16-7-6-11(2)8-12(16)3/h6-10,19,27H,5H2,1-4H3,(H,25,28)(H2,24,26,29)/t19-/m0/s1. The summed E-state index contributed by atoms with van der Waals surface area (Å²) in [5, 5.41) is 18.6. The van der Waals surface area contributed by atoms with Crippen molar-refractivity contribution in [2.75, 3.05) is 11.9 Å². The Bertz CT molecular complexity index is 1050. The molecule has 158 valence electrons. The molecule has 0 radical (unpaired) electrons. The fourth-order valence-corrected chi connectivity index (χ4v) is 3.87. The number of benzene rings is 2. The van der Waals surface area contributed by atoms with Gasteiger partial charge in [-0.3, -0.25) is 4.79 Å². The fourth-order valence-electron chi connectivity index (χ4n) is 3.41. The van der Waals surface area contributed by atoms with Crippen molar-refractivity contribution < 1.29 is 19.4 Å². The van der Waals surface area contributed by atoms with Gasteiger partial charge in [0.05, 0.1) is 22.7 Å². The largest absolute Gasteiger partial charge is 0.503 e. The average molecular weight is 474 g/mol. The summed E-state index contributed by atoms with van der Waals surface area (Å²) in [6.45, 7) is 7.76. The number of hydrogen-bond acceptors (Lipinski definition) is 4. The maximum atomic E-state index is 13.2. The van der Waals surface area contributed by atoms with E-state index in [9.17, 15) is 14.7 Å². The van der Waals surface area contributed by atoms with Gasteiger partial charge in [0.15, 0.2) is 11.5 Å². The quantitative estimate of drug-likeness (QED) is 0.515. The van der Waals surface area contributed by atoms with E-state index in [-0.39, 0.29) is 17.4 Å². The minimum atomic E-state index is -0.722. The molecule has 4 N–H and O–H groups in total. The van der Waals surface area contributed by atoms with E-state index in [4.69, 9.17) is 4.74 Å². The first-order valence-electron chi connectivity index (χ1n) is 9.53. The van der Waals surface area contributed by atoms with Crippen LogP contribution in [0.1, 0.15) is 36.6 Å². The predicted molar refractivity (Wildman–Crippen MR) is 119 cm³/mol. The number of anilines is 1. The van der Waals surface area contributed by atoms with Crippen LogP contribution in [0.25, 0.3) is 0 Å². The maximum absolute atomic E-state index is 13.2. The first-order chi connectivity index (χ1) is 14.2. The summed E-state index contributed by atoms with van der Waals surface area (Å²) >= 11 is 3.32. The van der Waals surface area contributed by atoms with Crippen LogP contribution in [0.5, 0.6) is 11.5 Å². The maximum Gasteiger partial charge on any atom is 0.319 e. The number of halogens is 1. The van der Waals surface area contributed by atoms with Gasteiger partial charge in [0.2, 0.25) is 0 Å². The average Bonchev–Trinajstić information content (AvgIpc) is 2.67. The Morgan fingerprint density at radius 3 is 2.63 bits per heavy atom. The number of phenolic OH excluding ortho intramolecular Hbond substituents is 1. The van der Waals surface area contributed by atoms with Crippen LogP contribution in [0.15, 0.2) is 46.1 Å². The molecule has 3 amide bonds. The molecular formula is C22H24BrN3O4. The van der Waals surface area contributed by atoms with Gasteiger partial charge >= 0.3 is 6.03 Å². The molecule has 2 aromatic rings. The third-order valence-corrected chi connectivity index (χ3v) is 5.43. The van der Waals surface area contributed by atoms with Crippen LogP contribution in [-0.4, -0.2) is 23.7 Å². The number of carbonyl (C=O) groups is 2. The van der Waals surface area contributed by atoms with E-state index in [0.29, 0.717) is 33.6 Å². The normalized spacial score (nSPS) is 16.0. The number of carbonyl (C=O) groups excluding carboxylic acids is 2. The summed E-state index contributed by atoms with van der Waals surface area (Å²) in [7, 11) is 0. The molecule has 0 fully saturated rings. The van der Waals surface area contributed by atoms with E-state index in [0.717, 1.165) is 11.1 Å². The van der Waals surface area contributed by atoms with Crippen molar-refractivity contribution in [3.8, 4) is 11.5 Å². The van der Waals surface area contributed by atoms with Crippen molar-refractivity contribution in [1.82, 2.24) is 10.6 Å². The zero-order valence-electron chi connectivity index (χ0n) is 17.2. The second-order valence-corrected chi connectivity index (χ2v) is 7.98. The zero-order valence-corrected chi connectivity index (χ0v) is 18.8. The highest BCUT2D eigenvalue weighted by Gasteiger charge is 2.32. The summed E-state index contributed by atoms with van der Waals surface area (Å²) in [5.41, 5.74) is 4.16. The van der Waals surface area contributed by atoms with Gasteiger partial charge in [-0.15, -0.1) is 0 Å². The molecule has 0 aliphatic carbocycles. The monoisotopic (exact) mass is 473 g/mol. The van der Waals surface area contributed by atoms with Gasteiger partial charge in [-0.05, 0) is 73.0 Å². The molecule has 0 saturated heterocycles. The van der Waals surface area contributed by atoms with E-state index < -0.39 is 12.1 Å². The summed E-state index contributed by atoms with van der Waals surface area (Å²) in [4.78, 5) is 25.4. The van der Waals surface area contributed by atoms with E-state index in [2.05, 4.69) is 31.9 Å². The Morgan fingerprint density at radius 1 is 1.23 bits per heavy atom. The predicted octanol–water partition coefficient (Wildman–Crippen LogP) is 4.44. The molecule has 2 aromatic carbocycles. The smallest absolute Gasteiger partial charge is 0.319 e. The molecule has 3 rings (SSSR count). The van der Waals surface area contributed by atoms with Crippen molar-refractivity contribution in [2.45, 2.75) is 33.7 Å². The summed E-state index contributed by atoms with van der Waals surface area (Å²) in [6, 6.07) is 7.91. The number of urea groups is 1. The van der Waals surface area contributed by atoms with Gasteiger partial charge in [0, 0.05) is 11.4 Å². The van der Waals surface area contributed by atoms with Gasteiger partial charge in [0.1, 0.15) is 0 Å². The first-order valence-corrected chi connectivity index (χ1v) is 10.3. The van der Waals surface area contributed by atoms with Crippen LogP contribution < -0.4 is 20.7 Å². The SMILES string of the molecule is CCOc1cc([C@@H]2NC(=O)NC(C)=C2C(=O)Nc2ccc(C)cc2C)cc(Br)c1O. The number of nitrogens with one attached hydrogen (secondary N) is 3. The summed E-state index contributed by atoms with van der Waals surface area (Å²) in [6.07, 6.45) is 0. The van der Waals surface area contributed by atoms with Gasteiger partial charge in [-0.25, -0.2) is 4.79 Å². The van der Waals surface area contributed by atoms with Crippen LogP contribution in [0.4, 0.5) is 10.5 Å². The van der Waals surface area contributed by atoms with E-state index in [1.54, 1.807) is 26.0 Å². The lowest BCUT2D eigenvalue weighted by Gasteiger charge is -2.29. The molecule has 0 spiro atoms. The highest BCUT2D eigenvalue weighted by Crippen LogP contribution is 2.39. The third-order valence-electron chi connectivity index (χ3n) is 4.83. The molecule has 30 heavy (non-hydrogen) atoms. The van der Waals surface area contributed by atoms with E-state index >= 15 is 0 Å². The molecule has 1 aliphatic rings. The second-order valence-electron chi connectivity index (χ2n) is 7.13. The molecule has 0 saturated carbocycles. The van der Waals surface area contributed by atoms with E-state index in [1.165, 1.54) is 0 Å². The molecule has 1 heterocycles. The van der Waals surface area contributed by atoms with Gasteiger partial charge in [-0.1, -0.05) is 17.7 Å². The molecule has 1 atom stereocenters. The number of ether oxygens (including phenoxy) is 1. The highest BCUT2D eigenvalue weighted by atomic mass is 79.9. The van der Waals surface area contributed by atoms with Crippen LogP contribution in [0.2, 0.25) is 0 Å². The minimum absolute atomic E-state index is 0.0390. The van der Waals surface area contributed by atoms with Crippen LogP contribution in [-0.2, 0) is 4.79 Å². The lowest BCUT2D eigenvalue weighted by molar-refractivity contribution is -0.113. The fraction of sp³-hybridized carbons (Fsp3) is 0.273. The second kappa shape index (κ2) is 8.79. The molecule has 0 bridgehead atoms. The number of allylic oxidation sites excluding steroid dienone is 1. The Hall–Kier alpha value is -3.00. The Kier molecular flexibility index (Phi) is 6.36. The topological polar surface area (TPSA) is 99.7 Å². The Morgan fingerprint density at radius 2 is 1.97 bits per heavy atom. The van der Waals surface area contributed by atoms with Gasteiger partial charge in [-0.2, -0.15) is 0 Å². The first kappa shape index (κ1) is 21.7. The molecular weight excluding hydrogens is 450 g/mol. The Labute approximate surface area is 183 Å². The lowest BCUT2D eigenvalue weighted by atomic mass is 9.94. The molecule has 0 unspecified atom stereocenters. The summed E-state index contributed by atoms with van der Waals surface area (Å²) in [5.74, 6) is -0.108. The summed E-state index contributed by atoms with van der Waals surface area (Å²) < 4.78 is 5.90. The molecule has 8 heteroatoms. The molecule has 0 aromatic heterocycles. The van der Waals surface area contributed by atoms with Crippen molar-refractivity contribution in [2.24, 2.45) is 0 Å². The number of aromatic hydroxyl groups is 1. The van der Waals surface area contributed by atoms with Crippen LogP contribution in [0, 0.1) is 13.8 Å². The van der Waals surface area contributed by atoms with Crippen LogP contribution >= 0.6 is 15.9 Å². The van der Waals surface area contributed by atoms with Crippen molar-refractivity contribution in [3.63, 3.8) is 0 Å². The van der Waals surface area contributed by atoms with Crippen molar-refractivity contribution in [3.05, 3.63) is 62.8 Å². The number of amides is 3. The lowest BCUT2D eigenvalue weighted by Crippen LogP contribution is -2.46. The number of phenols is 1. The van der Waals surface area contributed by atoms with Crippen LogP contribution in [0.3, 0.4) is 0 Å². The third kappa shape index (κ3) is 4.43. The number of rotatable bonds is 5. The number of hydrogen-bond donors (Lipinski definition) is 4. The van der Waals surface area contributed by atoms with Crippen molar-refractivity contribution >= 4 is 33.6 Å². The Balaban J connectivity index is 2.02. The van der Waals surface area contributed by atoms with Crippen molar-refractivity contribution in [1.29, 1.82) is 0 Å². The zero-order chi connectivity index (χ0) is 22.0. The number of aryl methyl sites for hydroxylation is 2.